The Kier molecular flexibility index (Phi) is 4.09. The third-order valence-electron chi connectivity index (χ3n) is 2.98. The Labute approximate surface area is 104 Å². The van der Waals surface area contributed by atoms with E-state index in [2.05, 4.69) is 4.90 Å². The lowest BCUT2D eigenvalue weighted by Gasteiger charge is -2.14. The fourth-order valence-electron chi connectivity index (χ4n) is 2.05. The van der Waals surface area contributed by atoms with Crippen molar-refractivity contribution in [1.29, 1.82) is 0 Å². The van der Waals surface area contributed by atoms with Crippen LogP contribution in [0.25, 0.3) is 0 Å². The van der Waals surface area contributed by atoms with Crippen molar-refractivity contribution in [3.63, 3.8) is 0 Å². The van der Waals surface area contributed by atoms with Gasteiger partial charge in [-0.15, -0.1) is 0 Å². The van der Waals surface area contributed by atoms with Crippen LogP contribution in [0.5, 0.6) is 5.75 Å². The van der Waals surface area contributed by atoms with Crippen molar-refractivity contribution >= 4 is 5.69 Å². The van der Waals surface area contributed by atoms with Gasteiger partial charge in [-0.2, -0.15) is 0 Å². The summed E-state index contributed by atoms with van der Waals surface area (Å²) in [6.45, 7) is 3.23. The highest BCUT2D eigenvalue weighted by Crippen LogP contribution is 2.27. The van der Waals surface area contributed by atoms with Crippen molar-refractivity contribution in [2.75, 3.05) is 26.2 Å². The highest BCUT2D eigenvalue weighted by molar-refractivity contribution is 5.46. The first kappa shape index (κ1) is 12.8. The van der Waals surface area contributed by atoms with E-state index < -0.39 is 10.7 Å². The van der Waals surface area contributed by atoms with Gasteiger partial charge >= 0.3 is 5.69 Å². The Morgan fingerprint density at radius 2 is 2.11 bits per heavy atom. The van der Waals surface area contributed by atoms with Crippen molar-refractivity contribution in [2.24, 2.45) is 0 Å². The molecular formula is C12H15FN2O3. The average molecular weight is 254 g/mol. The van der Waals surface area contributed by atoms with Gasteiger partial charge in [0.2, 0.25) is 0 Å². The fraction of sp³-hybridized carbons (Fsp3) is 0.500. The van der Waals surface area contributed by atoms with E-state index in [4.69, 9.17) is 4.74 Å². The highest BCUT2D eigenvalue weighted by atomic mass is 19.1. The van der Waals surface area contributed by atoms with Crippen molar-refractivity contribution in [2.45, 2.75) is 12.8 Å². The normalized spacial score (nSPS) is 15.8. The molecule has 0 aliphatic carbocycles. The second-order valence-electron chi connectivity index (χ2n) is 4.27. The van der Waals surface area contributed by atoms with Crippen molar-refractivity contribution in [3.05, 3.63) is 34.1 Å². The molecule has 0 unspecified atom stereocenters. The summed E-state index contributed by atoms with van der Waals surface area (Å²) in [4.78, 5) is 12.4. The Hall–Kier alpha value is -1.69. The first-order valence-corrected chi connectivity index (χ1v) is 5.96. The molecule has 0 bridgehead atoms. The van der Waals surface area contributed by atoms with Gasteiger partial charge in [0.1, 0.15) is 12.4 Å². The van der Waals surface area contributed by atoms with Crippen LogP contribution in [0.2, 0.25) is 0 Å². The zero-order valence-corrected chi connectivity index (χ0v) is 9.97. The van der Waals surface area contributed by atoms with E-state index in [-0.39, 0.29) is 11.4 Å². The zero-order valence-electron chi connectivity index (χ0n) is 9.97. The molecular weight excluding hydrogens is 239 g/mol. The van der Waals surface area contributed by atoms with Crippen LogP contribution in [0, 0.1) is 15.9 Å². The van der Waals surface area contributed by atoms with Gasteiger partial charge in [0, 0.05) is 6.54 Å². The van der Waals surface area contributed by atoms with Crippen molar-refractivity contribution < 1.29 is 14.1 Å². The van der Waals surface area contributed by atoms with Crippen LogP contribution in [-0.2, 0) is 0 Å². The van der Waals surface area contributed by atoms with Gasteiger partial charge in [-0.1, -0.05) is 0 Å². The number of rotatable bonds is 5. The quantitative estimate of drug-likeness (QED) is 0.597. The number of nitro benzene ring substituents is 1. The summed E-state index contributed by atoms with van der Waals surface area (Å²) >= 11 is 0. The second kappa shape index (κ2) is 5.77. The SMILES string of the molecule is O=[N+]([O-])c1cc(F)ccc1OCCN1CCCC1. The van der Waals surface area contributed by atoms with Gasteiger partial charge in [-0.3, -0.25) is 15.0 Å². The lowest BCUT2D eigenvalue weighted by molar-refractivity contribution is -0.386. The third kappa shape index (κ3) is 3.16. The smallest absolute Gasteiger partial charge is 0.313 e. The van der Waals surface area contributed by atoms with Crippen LogP contribution < -0.4 is 4.74 Å². The summed E-state index contributed by atoms with van der Waals surface area (Å²) in [5.74, 6) is -0.505. The van der Waals surface area contributed by atoms with Crippen LogP contribution in [0.1, 0.15) is 12.8 Å². The molecule has 0 saturated carbocycles. The average Bonchev–Trinajstić information content (AvgIpc) is 2.84. The van der Waals surface area contributed by atoms with Gasteiger partial charge in [0.05, 0.1) is 11.0 Å². The number of ether oxygens (including phenoxy) is 1. The maximum atomic E-state index is 12.9. The van der Waals surface area contributed by atoms with Crippen molar-refractivity contribution in [3.8, 4) is 5.75 Å². The summed E-state index contributed by atoms with van der Waals surface area (Å²) in [6, 6.07) is 3.35. The minimum atomic E-state index is -0.631. The molecule has 0 aromatic heterocycles. The van der Waals surface area contributed by atoms with E-state index in [1.54, 1.807) is 0 Å². The summed E-state index contributed by atoms with van der Waals surface area (Å²) in [5.41, 5.74) is -0.323. The first-order valence-electron chi connectivity index (χ1n) is 5.96. The topological polar surface area (TPSA) is 55.6 Å². The van der Waals surface area contributed by atoms with Crippen LogP contribution in [0.15, 0.2) is 18.2 Å². The summed E-state index contributed by atoms with van der Waals surface area (Å²) in [6.07, 6.45) is 2.38. The first-order chi connectivity index (χ1) is 8.66. The van der Waals surface area contributed by atoms with E-state index in [1.165, 1.54) is 18.9 Å². The highest BCUT2D eigenvalue weighted by Gasteiger charge is 2.17. The van der Waals surface area contributed by atoms with E-state index in [0.717, 1.165) is 31.8 Å². The molecule has 0 N–H and O–H groups in total. The van der Waals surface area contributed by atoms with Gasteiger partial charge in [0.15, 0.2) is 5.75 Å². The molecule has 6 heteroatoms. The van der Waals surface area contributed by atoms with Crippen molar-refractivity contribution in [1.82, 2.24) is 4.90 Å². The molecule has 2 rings (SSSR count). The van der Waals surface area contributed by atoms with Crippen LogP contribution in [0.3, 0.4) is 0 Å². The van der Waals surface area contributed by atoms with E-state index in [0.29, 0.717) is 6.61 Å². The van der Waals surface area contributed by atoms with E-state index in [1.807, 2.05) is 0 Å². The fourth-order valence-corrected chi connectivity index (χ4v) is 2.05. The predicted molar refractivity (Wildman–Crippen MR) is 64.2 cm³/mol. The Bertz CT molecular complexity index is 433. The number of nitro groups is 1. The molecule has 0 spiro atoms. The van der Waals surface area contributed by atoms with Crippen LogP contribution in [-0.4, -0.2) is 36.1 Å². The van der Waals surface area contributed by atoms with Gasteiger partial charge in [0.25, 0.3) is 0 Å². The van der Waals surface area contributed by atoms with E-state index in [9.17, 15) is 14.5 Å². The predicted octanol–water partition coefficient (Wildman–Crippen LogP) is 2.21. The Morgan fingerprint density at radius 1 is 1.39 bits per heavy atom. The molecule has 1 aromatic carbocycles. The van der Waals surface area contributed by atoms with E-state index >= 15 is 0 Å². The molecule has 18 heavy (non-hydrogen) atoms. The maximum absolute atomic E-state index is 12.9. The molecule has 1 aromatic rings. The number of nitrogens with zero attached hydrogens (tertiary/aromatic N) is 2. The summed E-state index contributed by atoms with van der Waals surface area (Å²) in [7, 11) is 0. The minimum absolute atomic E-state index is 0.126. The maximum Gasteiger partial charge on any atom is 0.313 e. The zero-order chi connectivity index (χ0) is 13.0. The number of likely N-dealkylation sites (tertiary alicyclic amines) is 1. The van der Waals surface area contributed by atoms with Crippen LogP contribution in [0.4, 0.5) is 10.1 Å². The molecule has 5 nitrogen and oxygen atoms in total. The van der Waals surface area contributed by atoms with Gasteiger partial charge < -0.3 is 4.74 Å². The number of hydrogen-bond donors (Lipinski definition) is 0. The minimum Gasteiger partial charge on any atom is -0.485 e. The monoisotopic (exact) mass is 254 g/mol. The molecule has 1 aliphatic rings. The molecule has 1 fully saturated rings. The molecule has 1 aliphatic heterocycles. The Morgan fingerprint density at radius 3 is 2.78 bits per heavy atom. The molecule has 1 heterocycles. The molecule has 0 atom stereocenters. The Balaban J connectivity index is 1.93. The molecule has 0 amide bonds. The standard InChI is InChI=1S/C12H15FN2O3/c13-10-3-4-12(11(9-10)15(16)17)18-8-7-14-5-1-2-6-14/h3-4,9H,1-2,5-8H2. The third-order valence-corrected chi connectivity index (χ3v) is 2.98. The number of benzene rings is 1. The lowest BCUT2D eigenvalue weighted by atomic mass is 10.3. The second-order valence-corrected chi connectivity index (χ2v) is 4.27. The summed E-state index contributed by atoms with van der Waals surface area (Å²) in [5, 5.41) is 10.7. The lowest BCUT2D eigenvalue weighted by Crippen LogP contribution is -2.25. The number of hydrogen-bond acceptors (Lipinski definition) is 4. The summed E-state index contributed by atoms with van der Waals surface area (Å²) < 4.78 is 18.3. The van der Waals surface area contributed by atoms with Gasteiger partial charge in [-0.05, 0) is 38.1 Å². The largest absolute Gasteiger partial charge is 0.485 e. The van der Waals surface area contributed by atoms with Crippen LogP contribution >= 0.6 is 0 Å². The molecule has 98 valence electrons. The number of halogens is 1. The molecule has 1 saturated heterocycles. The van der Waals surface area contributed by atoms with Gasteiger partial charge in [-0.25, -0.2) is 4.39 Å². The molecule has 0 radical (unpaired) electrons.